The second kappa shape index (κ2) is 4.64. The number of hydrogen-bond acceptors (Lipinski definition) is 3. The molecule has 0 radical (unpaired) electrons. The highest BCUT2D eigenvalue weighted by Gasteiger charge is 2.22. The van der Waals surface area contributed by atoms with Crippen LogP contribution in [-0.4, -0.2) is 31.5 Å². The average molecular weight is 226 g/mol. The highest BCUT2D eigenvalue weighted by molar-refractivity contribution is 6.22. The lowest BCUT2D eigenvalue weighted by molar-refractivity contribution is 0.110. The first kappa shape index (κ1) is 10.5. The Bertz CT molecular complexity index is 356. The third kappa shape index (κ3) is 2.13. The molecule has 1 aliphatic heterocycles. The molecule has 1 aliphatic rings. The molecular formula is C11H12ClNO2. The summed E-state index contributed by atoms with van der Waals surface area (Å²) in [7, 11) is 0. The Morgan fingerprint density at radius 1 is 1.47 bits per heavy atom. The van der Waals surface area contributed by atoms with Gasteiger partial charge in [0, 0.05) is 17.8 Å². The molecular weight excluding hydrogens is 214 g/mol. The molecule has 1 heterocycles. The number of hydrogen-bond donors (Lipinski definition) is 0. The second-order valence-electron chi connectivity index (χ2n) is 3.38. The van der Waals surface area contributed by atoms with Gasteiger partial charge in [-0.2, -0.15) is 0 Å². The molecule has 15 heavy (non-hydrogen) atoms. The Labute approximate surface area is 93.6 Å². The van der Waals surface area contributed by atoms with Gasteiger partial charge in [-0.15, -0.1) is 0 Å². The number of nitrogens with zero attached hydrogens (tertiary/aromatic N) is 1. The van der Waals surface area contributed by atoms with Gasteiger partial charge in [-0.25, -0.2) is 0 Å². The van der Waals surface area contributed by atoms with Crippen LogP contribution < -0.4 is 4.90 Å². The van der Waals surface area contributed by atoms with Gasteiger partial charge in [0.25, 0.3) is 0 Å². The van der Waals surface area contributed by atoms with Crippen molar-refractivity contribution in [2.75, 3.05) is 24.7 Å². The van der Waals surface area contributed by atoms with Gasteiger partial charge in [-0.1, -0.05) is 23.7 Å². The van der Waals surface area contributed by atoms with Gasteiger partial charge < -0.3 is 9.64 Å². The minimum atomic E-state index is -0.195. The van der Waals surface area contributed by atoms with Gasteiger partial charge in [-0.05, 0) is 12.1 Å². The van der Waals surface area contributed by atoms with Crippen molar-refractivity contribution in [3.63, 3.8) is 0 Å². The first-order valence-electron chi connectivity index (χ1n) is 4.85. The SMILES string of the molecule is O=Cc1ccccc1N1CCOCC1Cl. The van der Waals surface area contributed by atoms with E-state index in [2.05, 4.69) is 0 Å². The van der Waals surface area contributed by atoms with Crippen LogP contribution in [0.25, 0.3) is 0 Å². The van der Waals surface area contributed by atoms with E-state index in [1.165, 1.54) is 0 Å². The number of rotatable bonds is 2. The molecule has 1 saturated heterocycles. The number of halogens is 1. The standard InChI is InChI=1S/C11H12ClNO2/c12-11-8-15-6-5-13(11)10-4-2-1-3-9(10)7-14/h1-4,7,11H,5-6,8H2. The van der Waals surface area contributed by atoms with Crippen LogP contribution in [0, 0.1) is 0 Å². The zero-order chi connectivity index (χ0) is 10.7. The molecule has 0 bridgehead atoms. The number of ether oxygens (including phenoxy) is 1. The van der Waals surface area contributed by atoms with Gasteiger partial charge >= 0.3 is 0 Å². The lowest BCUT2D eigenvalue weighted by Crippen LogP contribution is -2.42. The van der Waals surface area contributed by atoms with Crippen LogP contribution in [0.5, 0.6) is 0 Å². The van der Waals surface area contributed by atoms with Gasteiger partial charge in [-0.3, -0.25) is 4.79 Å². The van der Waals surface area contributed by atoms with Gasteiger partial charge in [0.2, 0.25) is 0 Å². The number of anilines is 1. The maximum Gasteiger partial charge on any atom is 0.152 e. The fourth-order valence-electron chi connectivity index (χ4n) is 1.69. The molecule has 1 aromatic carbocycles. The summed E-state index contributed by atoms with van der Waals surface area (Å²) in [5.41, 5.74) is 1.36. The molecule has 0 amide bonds. The maximum absolute atomic E-state index is 10.9. The maximum atomic E-state index is 10.9. The van der Waals surface area contributed by atoms with Crippen molar-refractivity contribution < 1.29 is 9.53 Å². The van der Waals surface area contributed by atoms with Crippen LogP contribution in [0.3, 0.4) is 0 Å². The van der Waals surface area contributed by atoms with E-state index in [1.807, 2.05) is 23.1 Å². The molecule has 1 unspecified atom stereocenters. The van der Waals surface area contributed by atoms with Crippen molar-refractivity contribution in [2.45, 2.75) is 5.50 Å². The Hall–Kier alpha value is -1.06. The summed E-state index contributed by atoms with van der Waals surface area (Å²) < 4.78 is 5.25. The molecule has 0 aliphatic carbocycles. The summed E-state index contributed by atoms with van der Waals surface area (Å²) in [5.74, 6) is 0. The van der Waals surface area contributed by atoms with Crippen molar-refractivity contribution in [2.24, 2.45) is 0 Å². The monoisotopic (exact) mass is 225 g/mol. The zero-order valence-corrected chi connectivity index (χ0v) is 8.98. The number of morpholine rings is 1. The molecule has 4 heteroatoms. The van der Waals surface area contributed by atoms with E-state index in [1.54, 1.807) is 6.07 Å². The fraction of sp³-hybridized carbons (Fsp3) is 0.364. The van der Waals surface area contributed by atoms with E-state index in [9.17, 15) is 4.79 Å². The minimum absolute atomic E-state index is 0.195. The largest absolute Gasteiger partial charge is 0.376 e. The van der Waals surface area contributed by atoms with Gasteiger partial charge in [0.1, 0.15) is 5.50 Å². The van der Waals surface area contributed by atoms with Crippen LogP contribution >= 0.6 is 11.6 Å². The van der Waals surface area contributed by atoms with E-state index in [4.69, 9.17) is 16.3 Å². The molecule has 0 N–H and O–H groups in total. The van der Waals surface area contributed by atoms with Crippen molar-refractivity contribution >= 4 is 23.6 Å². The third-order valence-electron chi connectivity index (χ3n) is 2.44. The minimum Gasteiger partial charge on any atom is -0.376 e. The first-order valence-corrected chi connectivity index (χ1v) is 5.29. The first-order chi connectivity index (χ1) is 7.33. The highest BCUT2D eigenvalue weighted by atomic mass is 35.5. The zero-order valence-electron chi connectivity index (χ0n) is 8.23. The number of carbonyl (C=O) groups is 1. The van der Waals surface area contributed by atoms with E-state index < -0.39 is 0 Å². The Kier molecular flexibility index (Phi) is 3.23. The summed E-state index contributed by atoms with van der Waals surface area (Å²) >= 11 is 6.13. The molecule has 80 valence electrons. The van der Waals surface area contributed by atoms with Crippen molar-refractivity contribution in [3.8, 4) is 0 Å². The lowest BCUT2D eigenvalue weighted by Gasteiger charge is -2.34. The van der Waals surface area contributed by atoms with E-state index in [0.29, 0.717) is 18.8 Å². The third-order valence-corrected chi connectivity index (χ3v) is 2.80. The van der Waals surface area contributed by atoms with E-state index in [-0.39, 0.29) is 5.50 Å². The molecule has 0 spiro atoms. The number of carbonyl (C=O) groups excluding carboxylic acids is 1. The van der Waals surface area contributed by atoms with E-state index >= 15 is 0 Å². The van der Waals surface area contributed by atoms with Gasteiger partial charge in [0.15, 0.2) is 6.29 Å². The van der Waals surface area contributed by atoms with Crippen LogP contribution in [0.1, 0.15) is 10.4 Å². The summed E-state index contributed by atoms with van der Waals surface area (Å²) in [4.78, 5) is 12.9. The quantitative estimate of drug-likeness (QED) is 0.438. The van der Waals surface area contributed by atoms with Crippen LogP contribution in [0.4, 0.5) is 5.69 Å². The smallest absolute Gasteiger partial charge is 0.152 e. The molecule has 1 fully saturated rings. The van der Waals surface area contributed by atoms with Crippen LogP contribution in [0.2, 0.25) is 0 Å². The molecule has 0 saturated carbocycles. The van der Waals surface area contributed by atoms with Crippen molar-refractivity contribution in [3.05, 3.63) is 29.8 Å². The molecule has 1 aromatic rings. The Morgan fingerprint density at radius 2 is 2.27 bits per heavy atom. The predicted octanol–water partition coefficient (Wildman–Crippen LogP) is 1.90. The second-order valence-corrected chi connectivity index (χ2v) is 3.88. The van der Waals surface area contributed by atoms with Crippen molar-refractivity contribution in [1.29, 1.82) is 0 Å². The van der Waals surface area contributed by atoms with Gasteiger partial charge in [0.05, 0.1) is 13.2 Å². The molecule has 3 nitrogen and oxygen atoms in total. The number of alkyl halides is 1. The Morgan fingerprint density at radius 3 is 3.00 bits per heavy atom. The van der Waals surface area contributed by atoms with Crippen molar-refractivity contribution in [1.82, 2.24) is 0 Å². The molecule has 0 aromatic heterocycles. The van der Waals surface area contributed by atoms with Crippen LogP contribution in [-0.2, 0) is 4.74 Å². The normalized spacial score (nSPS) is 21.4. The topological polar surface area (TPSA) is 29.5 Å². The predicted molar refractivity (Wildman–Crippen MR) is 59.6 cm³/mol. The fourth-order valence-corrected chi connectivity index (χ4v) is 1.99. The number of benzene rings is 1. The molecule has 2 rings (SSSR count). The number of para-hydroxylation sites is 1. The lowest BCUT2D eigenvalue weighted by atomic mass is 10.1. The number of aldehydes is 1. The highest BCUT2D eigenvalue weighted by Crippen LogP contribution is 2.24. The summed E-state index contributed by atoms with van der Waals surface area (Å²) in [6.45, 7) is 1.87. The summed E-state index contributed by atoms with van der Waals surface area (Å²) in [6.07, 6.45) is 0.856. The average Bonchev–Trinajstić information content (AvgIpc) is 2.30. The van der Waals surface area contributed by atoms with Crippen LogP contribution in [0.15, 0.2) is 24.3 Å². The summed E-state index contributed by atoms with van der Waals surface area (Å²) in [5, 5.41) is 0. The Balaban J connectivity index is 2.30. The summed E-state index contributed by atoms with van der Waals surface area (Å²) in [6, 6.07) is 7.45. The van der Waals surface area contributed by atoms with E-state index in [0.717, 1.165) is 18.5 Å². The molecule has 1 atom stereocenters.